The summed E-state index contributed by atoms with van der Waals surface area (Å²) in [7, 11) is 0. The molecule has 0 spiro atoms. The normalized spacial score (nSPS) is 16.9. The first-order valence-corrected chi connectivity index (χ1v) is 9.75. The van der Waals surface area contributed by atoms with E-state index in [1.807, 2.05) is 35.8 Å². The average molecular weight is 383 g/mol. The van der Waals surface area contributed by atoms with Crippen LogP contribution in [0.15, 0.2) is 28.8 Å². The Bertz CT molecular complexity index is 860. The third-order valence-electron chi connectivity index (χ3n) is 5.45. The molecule has 1 aromatic heterocycles. The molecule has 1 aliphatic heterocycles. The minimum absolute atomic E-state index is 0.0266. The topological polar surface area (TPSA) is 75.9 Å². The Morgan fingerprint density at radius 1 is 1.14 bits per heavy atom. The van der Waals surface area contributed by atoms with Gasteiger partial charge in [0.2, 0.25) is 5.91 Å². The Morgan fingerprint density at radius 3 is 2.50 bits per heavy atom. The van der Waals surface area contributed by atoms with Gasteiger partial charge in [-0.25, -0.2) is 0 Å². The summed E-state index contributed by atoms with van der Waals surface area (Å²) < 4.78 is 11.0. The molecule has 2 aromatic rings. The molecule has 2 fully saturated rings. The minimum Gasteiger partial charge on any atom is -0.489 e. The van der Waals surface area contributed by atoms with E-state index in [-0.39, 0.29) is 17.7 Å². The molecule has 0 unspecified atom stereocenters. The van der Waals surface area contributed by atoms with Crippen LogP contribution >= 0.6 is 0 Å². The van der Waals surface area contributed by atoms with E-state index in [0.29, 0.717) is 44.1 Å². The van der Waals surface area contributed by atoms with Gasteiger partial charge in [-0.15, -0.1) is 0 Å². The molecule has 0 bridgehead atoms. The molecule has 28 heavy (non-hydrogen) atoms. The Kier molecular flexibility index (Phi) is 5.07. The van der Waals surface area contributed by atoms with Gasteiger partial charge < -0.3 is 19.1 Å². The number of aryl methyl sites for hydroxylation is 2. The number of carbonyl (C=O) groups excluding carboxylic acids is 2. The molecule has 7 nitrogen and oxygen atoms in total. The largest absolute Gasteiger partial charge is 0.489 e. The van der Waals surface area contributed by atoms with Crippen LogP contribution < -0.4 is 4.74 Å². The number of carbonyl (C=O) groups is 2. The van der Waals surface area contributed by atoms with Gasteiger partial charge in [0.05, 0.1) is 11.3 Å². The standard InChI is InChI=1S/C21H25N3O4/c1-14-19(15(2)28-22-14)13-27-18-5-3-4-17(12-18)21(26)24-10-8-23(9-11-24)20(25)16-6-7-16/h3-5,12,16H,6-11,13H2,1-2H3. The van der Waals surface area contributed by atoms with E-state index in [1.165, 1.54) is 0 Å². The van der Waals surface area contributed by atoms with Crippen molar-refractivity contribution in [2.75, 3.05) is 26.2 Å². The number of aromatic nitrogens is 1. The molecule has 0 N–H and O–H groups in total. The lowest BCUT2D eigenvalue weighted by Crippen LogP contribution is -2.51. The third-order valence-corrected chi connectivity index (χ3v) is 5.45. The van der Waals surface area contributed by atoms with Gasteiger partial charge in [0, 0.05) is 37.7 Å². The smallest absolute Gasteiger partial charge is 0.254 e. The van der Waals surface area contributed by atoms with Crippen molar-refractivity contribution < 1.29 is 18.8 Å². The Hall–Kier alpha value is -2.83. The number of ether oxygens (including phenoxy) is 1. The van der Waals surface area contributed by atoms with Crippen LogP contribution in [0.1, 0.15) is 40.2 Å². The summed E-state index contributed by atoms with van der Waals surface area (Å²) in [6.07, 6.45) is 2.03. The second-order valence-corrected chi connectivity index (χ2v) is 7.51. The van der Waals surface area contributed by atoms with Crippen molar-refractivity contribution in [3.63, 3.8) is 0 Å². The van der Waals surface area contributed by atoms with E-state index < -0.39 is 0 Å². The van der Waals surface area contributed by atoms with Gasteiger partial charge in [0.25, 0.3) is 5.91 Å². The van der Waals surface area contributed by atoms with Crippen LogP contribution in [0, 0.1) is 19.8 Å². The van der Waals surface area contributed by atoms with Gasteiger partial charge in [-0.1, -0.05) is 11.2 Å². The first-order valence-electron chi connectivity index (χ1n) is 9.75. The van der Waals surface area contributed by atoms with E-state index in [2.05, 4.69) is 5.16 Å². The highest BCUT2D eigenvalue weighted by Gasteiger charge is 2.35. The highest BCUT2D eigenvalue weighted by molar-refractivity contribution is 5.94. The second kappa shape index (κ2) is 7.66. The monoisotopic (exact) mass is 383 g/mol. The molecule has 1 saturated heterocycles. The maximum atomic E-state index is 12.9. The molecule has 1 saturated carbocycles. The second-order valence-electron chi connectivity index (χ2n) is 7.51. The number of benzene rings is 1. The first kappa shape index (κ1) is 18.5. The summed E-state index contributed by atoms with van der Waals surface area (Å²) in [6.45, 7) is 6.45. The van der Waals surface area contributed by atoms with E-state index >= 15 is 0 Å². The van der Waals surface area contributed by atoms with Crippen LogP contribution in [-0.2, 0) is 11.4 Å². The zero-order valence-electron chi connectivity index (χ0n) is 16.3. The van der Waals surface area contributed by atoms with Gasteiger partial charge >= 0.3 is 0 Å². The van der Waals surface area contributed by atoms with E-state index in [0.717, 1.165) is 29.9 Å². The van der Waals surface area contributed by atoms with E-state index in [9.17, 15) is 9.59 Å². The highest BCUT2D eigenvalue weighted by atomic mass is 16.5. The van der Waals surface area contributed by atoms with Gasteiger partial charge in [-0.05, 0) is 44.9 Å². The zero-order chi connectivity index (χ0) is 19.7. The summed E-state index contributed by atoms with van der Waals surface area (Å²) in [5.41, 5.74) is 2.33. The summed E-state index contributed by atoms with van der Waals surface area (Å²) in [6, 6.07) is 7.22. The van der Waals surface area contributed by atoms with E-state index in [1.54, 1.807) is 12.1 Å². The predicted octanol–water partition coefficient (Wildman–Crippen LogP) is 2.56. The summed E-state index contributed by atoms with van der Waals surface area (Å²) in [5, 5.41) is 3.92. The molecule has 0 atom stereocenters. The van der Waals surface area contributed by atoms with Crippen molar-refractivity contribution in [2.45, 2.75) is 33.3 Å². The maximum absolute atomic E-state index is 12.9. The van der Waals surface area contributed by atoms with Crippen molar-refractivity contribution in [1.82, 2.24) is 15.0 Å². The summed E-state index contributed by atoms with van der Waals surface area (Å²) in [5.74, 6) is 1.83. The Labute approximate surface area is 164 Å². The molecule has 1 aromatic carbocycles. The molecule has 148 valence electrons. The Balaban J connectivity index is 1.36. The fourth-order valence-electron chi connectivity index (χ4n) is 3.48. The van der Waals surface area contributed by atoms with Gasteiger partial charge in [0.1, 0.15) is 18.1 Å². The molecule has 0 radical (unpaired) electrons. The van der Waals surface area contributed by atoms with Gasteiger partial charge in [-0.3, -0.25) is 9.59 Å². The number of hydrogen-bond donors (Lipinski definition) is 0. The fourth-order valence-corrected chi connectivity index (χ4v) is 3.48. The van der Waals surface area contributed by atoms with Crippen LogP contribution in [0.4, 0.5) is 0 Å². The molecule has 4 rings (SSSR count). The molecule has 2 amide bonds. The summed E-state index contributed by atoms with van der Waals surface area (Å²) >= 11 is 0. The number of rotatable bonds is 5. The lowest BCUT2D eigenvalue weighted by molar-refractivity contribution is -0.134. The molecular weight excluding hydrogens is 358 g/mol. The van der Waals surface area contributed by atoms with Crippen molar-refractivity contribution >= 4 is 11.8 Å². The molecule has 2 heterocycles. The predicted molar refractivity (Wildman–Crippen MR) is 102 cm³/mol. The minimum atomic E-state index is -0.0266. The number of piperazine rings is 1. The Morgan fingerprint density at radius 2 is 1.86 bits per heavy atom. The number of hydrogen-bond acceptors (Lipinski definition) is 5. The van der Waals surface area contributed by atoms with Crippen molar-refractivity contribution in [3.8, 4) is 5.75 Å². The average Bonchev–Trinajstić information content (AvgIpc) is 3.52. The molecule has 1 aliphatic carbocycles. The molecular formula is C21H25N3O4. The van der Waals surface area contributed by atoms with Crippen LogP contribution in [0.2, 0.25) is 0 Å². The summed E-state index contributed by atoms with van der Waals surface area (Å²) in [4.78, 5) is 28.7. The van der Waals surface area contributed by atoms with Crippen molar-refractivity contribution in [2.24, 2.45) is 5.92 Å². The first-order chi connectivity index (χ1) is 13.5. The van der Waals surface area contributed by atoms with Crippen molar-refractivity contribution in [1.29, 1.82) is 0 Å². The fraction of sp³-hybridized carbons (Fsp3) is 0.476. The van der Waals surface area contributed by atoms with Crippen LogP contribution in [0.3, 0.4) is 0 Å². The van der Waals surface area contributed by atoms with E-state index in [4.69, 9.17) is 9.26 Å². The van der Waals surface area contributed by atoms with Gasteiger partial charge in [-0.2, -0.15) is 0 Å². The molecule has 2 aliphatic rings. The molecule has 7 heteroatoms. The number of amides is 2. The van der Waals surface area contributed by atoms with Gasteiger partial charge in [0.15, 0.2) is 0 Å². The zero-order valence-corrected chi connectivity index (χ0v) is 16.3. The SMILES string of the molecule is Cc1noc(C)c1COc1cccc(C(=O)N2CCN(C(=O)C3CC3)CC2)c1. The van der Waals surface area contributed by atoms with Crippen LogP contribution in [0.5, 0.6) is 5.75 Å². The highest BCUT2D eigenvalue weighted by Crippen LogP contribution is 2.31. The van der Waals surface area contributed by atoms with Crippen molar-refractivity contribution in [3.05, 3.63) is 46.8 Å². The maximum Gasteiger partial charge on any atom is 0.254 e. The lowest BCUT2D eigenvalue weighted by atomic mass is 10.1. The number of nitrogens with zero attached hydrogens (tertiary/aromatic N) is 3. The quantitative estimate of drug-likeness (QED) is 0.793. The van der Waals surface area contributed by atoms with Crippen LogP contribution in [-0.4, -0.2) is 52.9 Å². The third kappa shape index (κ3) is 3.88. The van der Waals surface area contributed by atoms with Crippen LogP contribution in [0.25, 0.3) is 0 Å². The lowest BCUT2D eigenvalue weighted by Gasteiger charge is -2.35.